The molecule has 2 N–H and O–H groups in total. The summed E-state index contributed by atoms with van der Waals surface area (Å²) in [5, 5.41) is 0. The molecule has 1 aromatic rings. The van der Waals surface area contributed by atoms with Gasteiger partial charge in [0.05, 0.1) is 0 Å². The van der Waals surface area contributed by atoms with Gasteiger partial charge in [0.1, 0.15) is 0 Å². The molecule has 0 spiro atoms. The summed E-state index contributed by atoms with van der Waals surface area (Å²) in [5.74, 6) is 0.645. The summed E-state index contributed by atoms with van der Waals surface area (Å²) >= 11 is 0. The molecule has 1 aliphatic carbocycles. The molecule has 0 radical (unpaired) electrons. The van der Waals surface area contributed by atoms with Gasteiger partial charge < -0.3 is 10.6 Å². The summed E-state index contributed by atoms with van der Waals surface area (Å²) in [4.78, 5) is 6.05. The van der Waals surface area contributed by atoms with E-state index in [1.54, 1.807) is 12.3 Å². The van der Waals surface area contributed by atoms with Crippen LogP contribution in [0, 0.1) is 11.7 Å². The van der Waals surface area contributed by atoms with E-state index in [0.29, 0.717) is 24.3 Å². The van der Waals surface area contributed by atoms with Crippen LogP contribution < -0.4 is 10.6 Å². The minimum Gasteiger partial charge on any atom is -0.354 e. The number of hydrogen-bond donors (Lipinski definition) is 1. The fourth-order valence-electron chi connectivity index (χ4n) is 2.60. The molecule has 0 aliphatic heterocycles. The fraction of sp³-hybridized carbons (Fsp3) is 0.583. The molecule has 0 saturated heterocycles. The normalized spacial score (nSPS) is 24.7. The van der Waals surface area contributed by atoms with Crippen molar-refractivity contribution in [1.82, 2.24) is 4.98 Å². The average molecular weight is 223 g/mol. The second-order valence-corrected chi connectivity index (χ2v) is 4.41. The molecule has 2 atom stereocenters. The van der Waals surface area contributed by atoms with Gasteiger partial charge in [-0.3, -0.25) is 0 Å². The van der Waals surface area contributed by atoms with Gasteiger partial charge in [0.15, 0.2) is 11.6 Å². The zero-order valence-electron chi connectivity index (χ0n) is 9.56. The first kappa shape index (κ1) is 11.3. The van der Waals surface area contributed by atoms with Crippen LogP contribution in [0.5, 0.6) is 0 Å². The molecule has 16 heavy (non-hydrogen) atoms. The Balaban J connectivity index is 2.18. The number of halogens is 1. The maximum Gasteiger partial charge on any atom is 0.165 e. The van der Waals surface area contributed by atoms with Crippen LogP contribution in [0.25, 0.3) is 0 Å². The van der Waals surface area contributed by atoms with Crippen LogP contribution in [0.3, 0.4) is 0 Å². The summed E-state index contributed by atoms with van der Waals surface area (Å²) in [5.41, 5.74) is 5.74. The molecule has 0 amide bonds. The monoisotopic (exact) mass is 223 g/mol. The minimum absolute atomic E-state index is 0.257. The van der Waals surface area contributed by atoms with Crippen molar-refractivity contribution in [2.24, 2.45) is 11.7 Å². The summed E-state index contributed by atoms with van der Waals surface area (Å²) < 4.78 is 13.6. The van der Waals surface area contributed by atoms with Crippen LogP contribution in [0.4, 0.5) is 10.2 Å². The van der Waals surface area contributed by atoms with Crippen LogP contribution in [0.1, 0.15) is 19.3 Å². The fourth-order valence-corrected chi connectivity index (χ4v) is 2.60. The highest BCUT2D eigenvalue weighted by atomic mass is 19.1. The number of pyridine rings is 1. The van der Waals surface area contributed by atoms with Crippen molar-refractivity contribution in [2.75, 3.05) is 18.5 Å². The van der Waals surface area contributed by atoms with Crippen LogP contribution in [0.15, 0.2) is 18.3 Å². The van der Waals surface area contributed by atoms with E-state index in [0.717, 1.165) is 12.8 Å². The molecule has 1 saturated carbocycles. The van der Waals surface area contributed by atoms with Gasteiger partial charge >= 0.3 is 0 Å². The molecular formula is C12H18FN3. The Morgan fingerprint density at radius 1 is 1.56 bits per heavy atom. The van der Waals surface area contributed by atoms with Crippen LogP contribution >= 0.6 is 0 Å². The van der Waals surface area contributed by atoms with Crippen molar-refractivity contribution in [2.45, 2.75) is 25.3 Å². The lowest BCUT2D eigenvalue weighted by atomic mass is 10.0. The van der Waals surface area contributed by atoms with Crippen LogP contribution in [-0.2, 0) is 0 Å². The summed E-state index contributed by atoms with van der Waals surface area (Å²) in [6.45, 7) is 0.670. The molecule has 0 bridgehead atoms. The molecule has 0 aromatic carbocycles. The highest BCUT2D eigenvalue weighted by Gasteiger charge is 2.30. The standard InChI is InChI=1S/C12H18FN3/c1-16(11-6-2-4-9(11)8-14)12-10(13)5-3-7-15-12/h3,5,7,9,11H,2,4,6,8,14H2,1H3. The lowest BCUT2D eigenvalue weighted by Crippen LogP contribution is -2.38. The Morgan fingerprint density at radius 3 is 3.06 bits per heavy atom. The second-order valence-electron chi connectivity index (χ2n) is 4.41. The van der Waals surface area contributed by atoms with E-state index in [4.69, 9.17) is 5.73 Å². The van der Waals surface area contributed by atoms with E-state index < -0.39 is 0 Å². The van der Waals surface area contributed by atoms with E-state index in [1.165, 1.54) is 12.5 Å². The third kappa shape index (κ3) is 2.02. The van der Waals surface area contributed by atoms with Gasteiger partial charge in [-0.05, 0) is 37.4 Å². The Morgan fingerprint density at radius 2 is 2.38 bits per heavy atom. The number of rotatable bonds is 3. The van der Waals surface area contributed by atoms with Gasteiger partial charge in [0.25, 0.3) is 0 Å². The average Bonchev–Trinajstić information content (AvgIpc) is 2.77. The van der Waals surface area contributed by atoms with Gasteiger partial charge in [-0.2, -0.15) is 0 Å². The van der Waals surface area contributed by atoms with Crippen LogP contribution in [-0.4, -0.2) is 24.6 Å². The third-order valence-corrected chi connectivity index (χ3v) is 3.49. The summed E-state index contributed by atoms with van der Waals surface area (Å²) in [7, 11) is 1.91. The Labute approximate surface area is 95.5 Å². The highest BCUT2D eigenvalue weighted by molar-refractivity contribution is 5.40. The topological polar surface area (TPSA) is 42.2 Å². The number of nitrogens with zero attached hydrogens (tertiary/aromatic N) is 2. The largest absolute Gasteiger partial charge is 0.354 e. The summed E-state index contributed by atoms with van der Waals surface area (Å²) in [6, 6.07) is 3.39. The molecule has 2 rings (SSSR count). The lowest BCUT2D eigenvalue weighted by Gasteiger charge is -2.30. The maximum absolute atomic E-state index is 13.6. The molecule has 1 heterocycles. The zero-order valence-corrected chi connectivity index (χ0v) is 9.56. The predicted molar refractivity (Wildman–Crippen MR) is 62.8 cm³/mol. The highest BCUT2D eigenvalue weighted by Crippen LogP contribution is 2.31. The predicted octanol–water partition coefficient (Wildman–Crippen LogP) is 1.78. The lowest BCUT2D eigenvalue weighted by molar-refractivity contribution is 0.466. The van der Waals surface area contributed by atoms with Gasteiger partial charge in [-0.15, -0.1) is 0 Å². The molecule has 3 nitrogen and oxygen atoms in total. The van der Waals surface area contributed by atoms with Gasteiger partial charge in [0, 0.05) is 19.3 Å². The van der Waals surface area contributed by atoms with Crippen molar-refractivity contribution in [3.8, 4) is 0 Å². The van der Waals surface area contributed by atoms with E-state index in [1.807, 2.05) is 11.9 Å². The quantitative estimate of drug-likeness (QED) is 0.849. The number of aromatic nitrogens is 1. The van der Waals surface area contributed by atoms with E-state index in [2.05, 4.69) is 4.98 Å². The maximum atomic E-state index is 13.6. The number of anilines is 1. The molecule has 2 unspecified atom stereocenters. The Kier molecular flexibility index (Phi) is 3.39. The third-order valence-electron chi connectivity index (χ3n) is 3.49. The smallest absolute Gasteiger partial charge is 0.165 e. The van der Waals surface area contributed by atoms with Gasteiger partial charge in [-0.1, -0.05) is 6.42 Å². The van der Waals surface area contributed by atoms with Crippen molar-refractivity contribution >= 4 is 5.82 Å². The van der Waals surface area contributed by atoms with E-state index in [9.17, 15) is 4.39 Å². The van der Waals surface area contributed by atoms with Crippen LogP contribution in [0.2, 0.25) is 0 Å². The zero-order chi connectivity index (χ0) is 11.5. The molecule has 1 aromatic heterocycles. The Hall–Kier alpha value is -1.16. The molecule has 1 aliphatic rings. The first-order chi connectivity index (χ1) is 7.74. The minimum atomic E-state index is -0.257. The van der Waals surface area contributed by atoms with Crippen molar-refractivity contribution in [3.63, 3.8) is 0 Å². The Bertz CT molecular complexity index is 356. The van der Waals surface area contributed by atoms with E-state index in [-0.39, 0.29) is 5.82 Å². The molecule has 1 fully saturated rings. The molecule has 4 heteroatoms. The summed E-state index contributed by atoms with van der Waals surface area (Å²) in [6.07, 6.45) is 5.01. The van der Waals surface area contributed by atoms with Gasteiger partial charge in [0.2, 0.25) is 0 Å². The first-order valence-electron chi connectivity index (χ1n) is 5.77. The van der Waals surface area contributed by atoms with Crippen molar-refractivity contribution < 1.29 is 4.39 Å². The van der Waals surface area contributed by atoms with Crippen molar-refractivity contribution in [3.05, 3.63) is 24.1 Å². The SMILES string of the molecule is CN(c1ncccc1F)C1CCCC1CN. The van der Waals surface area contributed by atoms with Crippen molar-refractivity contribution in [1.29, 1.82) is 0 Å². The first-order valence-corrected chi connectivity index (χ1v) is 5.77. The molecule has 88 valence electrons. The second kappa shape index (κ2) is 4.78. The molecular weight excluding hydrogens is 205 g/mol. The number of nitrogens with two attached hydrogens (primary N) is 1. The number of hydrogen-bond acceptors (Lipinski definition) is 3. The van der Waals surface area contributed by atoms with E-state index >= 15 is 0 Å². The van der Waals surface area contributed by atoms with Gasteiger partial charge in [-0.25, -0.2) is 9.37 Å².